The molecule has 1 unspecified atom stereocenters. The molecule has 2 N–H and O–H groups in total. The van der Waals surface area contributed by atoms with Crippen molar-refractivity contribution in [2.45, 2.75) is 19.9 Å². The van der Waals surface area contributed by atoms with Gasteiger partial charge >= 0.3 is 0 Å². The molecule has 2 rings (SSSR count). The molecule has 9 heteroatoms. The Kier molecular flexibility index (Phi) is 7.68. The molecule has 0 radical (unpaired) electrons. The van der Waals surface area contributed by atoms with Gasteiger partial charge in [-0.3, -0.25) is 14.4 Å². The van der Waals surface area contributed by atoms with E-state index in [4.69, 9.17) is 4.74 Å². The maximum absolute atomic E-state index is 13.9. The summed E-state index contributed by atoms with van der Waals surface area (Å²) in [4.78, 5) is 39.0. The summed E-state index contributed by atoms with van der Waals surface area (Å²) in [5, 5.41) is 5.01. The van der Waals surface area contributed by atoms with Crippen molar-refractivity contribution in [3.05, 3.63) is 59.2 Å². The van der Waals surface area contributed by atoms with Gasteiger partial charge in [-0.1, -0.05) is 19.9 Å². The second-order valence-corrected chi connectivity index (χ2v) is 7.40. The maximum atomic E-state index is 13.9. The van der Waals surface area contributed by atoms with Crippen LogP contribution in [0.25, 0.3) is 0 Å². The van der Waals surface area contributed by atoms with Crippen molar-refractivity contribution in [1.29, 1.82) is 0 Å². The van der Waals surface area contributed by atoms with Crippen molar-refractivity contribution in [3.8, 4) is 5.75 Å². The predicted octanol–water partition coefficient (Wildman–Crippen LogP) is 3.07. The molecule has 0 spiro atoms. The first-order valence-electron chi connectivity index (χ1n) is 9.52. The summed E-state index contributed by atoms with van der Waals surface area (Å²) in [5.41, 5.74) is -0.228. The first kappa shape index (κ1) is 23.8. The smallest absolute Gasteiger partial charge is 0.257 e. The van der Waals surface area contributed by atoms with E-state index < -0.39 is 41.0 Å². The van der Waals surface area contributed by atoms with Gasteiger partial charge in [-0.15, -0.1) is 0 Å². The quantitative estimate of drug-likeness (QED) is 0.703. The second-order valence-electron chi connectivity index (χ2n) is 7.40. The van der Waals surface area contributed by atoms with Crippen LogP contribution >= 0.6 is 0 Å². The Morgan fingerprint density at radius 1 is 1.03 bits per heavy atom. The summed E-state index contributed by atoms with van der Waals surface area (Å²) in [7, 11) is 4.59. The molecule has 3 amide bonds. The van der Waals surface area contributed by atoms with Gasteiger partial charge in [0.15, 0.2) is 0 Å². The molecule has 7 nitrogen and oxygen atoms in total. The van der Waals surface area contributed by atoms with Crippen LogP contribution in [0.3, 0.4) is 0 Å². The van der Waals surface area contributed by atoms with Gasteiger partial charge in [0, 0.05) is 19.7 Å². The largest absolute Gasteiger partial charge is 0.495 e. The molecule has 2 aromatic rings. The Balaban J connectivity index is 2.29. The molecule has 0 saturated carbocycles. The molecule has 0 aliphatic rings. The third-order valence-corrected chi connectivity index (χ3v) is 4.54. The Hall–Kier alpha value is -3.49. The fraction of sp³-hybridized carbons (Fsp3) is 0.318. The van der Waals surface area contributed by atoms with Crippen molar-refractivity contribution in [2.24, 2.45) is 5.92 Å². The lowest BCUT2D eigenvalue weighted by Crippen LogP contribution is -2.47. The number of nitrogens with zero attached hydrogens (tertiary/aromatic N) is 1. The molecule has 31 heavy (non-hydrogen) atoms. The molecular weight excluding hydrogens is 408 g/mol. The molecule has 0 aliphatic carbocycles. The van der Waals surface area contributed by atoms with Gasteiger partial charge < -0.3 is 20.3 Å². The molecule has 2 aromatic carbocycles. The van der Waals surface area contributed by atoms with E-state index in [1.165, 1.54) is 24.1 Å². The van der Waals surface area contributed by atoms with Gasteiger partial charge in [-0.2, -0.15) is 0 Å². The average Bonchev–Trinajstić information content (AvgIpc) is 2.70. The number of carbonyl (C=O) groups excluding carboxylic acids is 3. The summed E-state index contributed by atoms with van der Waals surface area (Å²) >= 11 is 0. The first-order valence-corrected chi connectivity index (χ1v) is 9.52. The Morgan fingerprint density at radius 2 is 1.65 bits per heavy atom. The van der Waals surface area contributed by atoms with E-state index in [1.807, 2.05) is 0 Å². The van der Waals surface area contributed by atoms with Crippen LogP contribution in [0.1, 0.15) is 34.6 Å². The lowest BCUT2D eigenvalue weighted by molar-refractivity contribution is -0.118. The zero-order chi connectivity index (χ0) is 23.3. The fourth-order valence-electron chi connectivity index (χ4n) is 2.87. The monoisotopic (exact) mass is 433 g/mol. The fourth-order valence-corrected chi connectivity index (χ4v) is 2.87. The van der Waals surface area contributed by atoms with Gasteiger partial charge in [0.25, 0.3) is 11.8 Å². The maximum Gasteiger partial charge on any atom is 0.257 e. The SMILES string of the molecule is COc1ccc(C(=O)N(C)C)cc1NC(=O)C(NC(=O)c1c(F)cccc1F)C(C)C. The first-order chi connectivity index (χ1) is 14.6. The van der Waals surface area contributed by atoms with Gasteiger partial charge in [-0.25, -0.2) is 8.78 Å². The van der Waals surface area contributed by atoms with Crippen LogP contribution in [-0.4, -0.2) is 49.9 Å². The van der Waals surface area contributed by atoms with Crippen molar-refractivity contribution in [3.63, 3.8) is 0 Å². The molecule has 0 aromatic heterocycles. The minimum atomic E-state index is -1.11. The van der Waals surface area contributed by atoms with E-state index in [0.717, 1.165) is 18.2 Å². The summed E-state index contributed by atoms with van der Waals surface area (Å²) in [6.07, 6.45) is 0. The van der Waals surface area contributed by atoms with Gasteiger partial charge in [0.05, 0.1) is 12.8 Å². The average molecular weight is 433 g/mol. The number of nitrogens with one attached hydrogen (secondary N) is 2. The van der Waals surface area contributed by atoms with Gasteiger partial charge in [0.2, 0.25) is 5.91 Å². The number of benzene rings is 2. The molecular formula is C22H25F2N3O4. The van der Waals surface area contributed by atoms with Crippen LogP contribution in [0.15, 0.2) is 36.4 Å². The zero-order valence-electron chi connectivity index (χ0n) is 18.0. The lowest BCUT2D eigenvalue weighted by atomic mass is 10.0. The highest BCUT2D eigenvalue weighted by Gasteiger charge is 2.28. The lowest BCUT2D eigenvalue weighted by Gasteiger charge is -2.23. The minimum absolute atomic E-state index is 0.220. The Bertz CT molecular complexity index is 972. The topological polar surface area (TPSA) is 87.7 Å². The summed E-state index contributed by atoms with van der Waals surface area (Å²) in [6.45, 7) is 3.34. The van der Waals surface area contributed by atoms with E-state index in [0.29, 0.717) is 11.3 Å². The highest BCUT2D eigenvalue weighted by molar-refractivity contribution is 6.03. The van der Waals surface area contributed by atoms with Crippen molar-refractivity contribution < 1.29 is 27.9 Å². The number of ether oxygens (including phenoxy) is 1. The number of anilines is 1. The molecule has 0 saturated heterocycles. The Morgan fingerprint density at radius 3 is 2.16 bits per heavy atom. The van der Waals surface area contributed by atoms with Crippen molar-refractivity contribution in [1.82, 2.24) is 10.2 Å². The van der Waals surface area contributed by atoms with Crippen LogP contribution in [0.4, 0.5) is 14.5 Å². The summed E-state index contributed by atoms with van der Waals surface area (Å²) < 4.78 is 33.1. The molecule has 0 aliphatic heterocycles. The normalized spacial score (nSPS) is 11.6. The van der Waals surface area contributed by atoms with Gasteiger partial charge in [-0.05, 0) is 36.2 Å². The van der Waals surface area contributed by atoms with Crippen LogP contribution in [-0.2, 0) is 4.79 Å². The number of halogens is 2. The van der Waals surface area contributed by atoms with E-state index in [2.05, 4.69) is 10.6 Å². The summed E-state index contributed by atoms with van der Waals surface area (Å²) in [6, 6.07) is 6.49. The molecule has 166 valence electrons. The van der Waals surface area contributed by atoms with Crippen LogP contribution in [0, 0.1) is 17.6 Å². The second kappa shape index (κ2) is 10.0. The van der Waals surface area contributed by atoms with Crippen LogP contribution in [0.2, 0.25) is 0 Å². The van der Waals surface area contributed by atoms with Crippen molar-refractivity contribution in [2.75, 3.05) is 26.5 Å². The predicted molar refractivity (Wildman–Crippen MR) is 112 cm³/mol. The highest BCUT2D eigenvalue weighted by Crippen LogP contribution is 2.26. The van der Waals surface area contributed by atoms with E-state index >= 15 is 0 Å². The highest BCUT2D eigenvalue weighted by atomic mass is 19.1. The number of amides is 3. The van der Waals surface area contributed by atoms with E-state index in [-0.39, 0.29) is 11.6 Å². The minimum Gasteiger partial charge on any atom is -0.495 e. The van der Waals surface area contributed by atoms with Gasteiger partial charge in [0.1, 0.15) is 29.0 Å². The summed E-state index contributed by atoms with van der Waals surface area (Å²) in [5.74, 6) is -4.12. The number of carbonyl (C=O) groups is 3. The van der Waals surface area contributed by atoms with E-state index in [1.54, 1.807) is 34.0 Å². The van der Waals surface area contributed by atoms with Crippen LogP contribution in [0.5, 0.6) is 5.75 Å². The van der Waals surface area contributed by atoms with E-state index in [9.17, 15) is 23.2 Å². The molecule has 0 bridgehead atoms. The third kappa shape index (κ3) is 5.56. The number of hydrogen-bond acceptors (Lipinski definition) is 4. The number of hydrogen-bond donors (Lipinski definition) is 2. The van der Waals surface area contributed by atoms with Crippen LogP contribution < -0.4 is 15.4 Å². The standard InChI is InChI=1S/C22H25F2N3O4/c1-12(2)19(26-20(28)18-14(23)7-6-8-15(18)24)21(29)25-16-11-13(22(30)27(3)4)9-10-17(16)31-5/h6-12,19H,1-5H3,(H,25,29)(H,26,28). The molecule has 1 atom stereocenters. The number of rotatable bonds is 7. The third-order valence-electron chi connectivity index (χ3n) is 4.54. The number of methoxy groups -OCH3 is 1. The van der Waals surface area contributed by atoms with Crippen molar-refractivity contribution >= 4 is 23.4 Å². The Labute approximate surface area is 179 Å². The molecule has 0 fully saturated rings. The molecule has 0 heterocycles. The zero-order valence-corrected chi connectivity index (χ0v) is 18.0.